The zero-order valence-corrected chi connectivity index (χ0v) is 13.2. The molecule has 1 fully saturated rings. The summed E-state index contributed by atoms with van der Waals surface area (Å²) in [4.78, 5) is 29.6. The number of carboxylic acids is 1. The Morgan fingerprint density at radius 2 is 2.33 bits per heavy atom. The zero-order chi connectivity index (χ0) is 15.5. The monoisotopic (exact) mass is 311 g/mol. The fourth-order valence-corrected chi connectivity index (χ4v) is 3.45. The number of nitrogens with one attached hydrogen (secondary N) is 1. The van der Waals surface area contributed by atoms with Gasteiger partial charge in [0.2, 0.25) is 5.91 Å². The minimum absolute atomic E-state index is 0.137. The molecular formula is C14H21N3O3S. The number of aromatic nitrogens is 1. The summed E-state index contributed by atoms with van der Waals surface area (Å²) in [5.41, 5.74) is 0.167. The lowest BCUT2D eigenvalue weighted by Crippen LogP contribution is -2.49. The van der Waals surface area contributed by atoms with Gasteiger partial charge >= 0.3 is 5.97 Å². The number of thiazole rings is 1. The minimum atomic E-state index is -0.759. The Bertz CT molecular complexity index is 531. The van der Waals surface area contributed by atoms with Crippen LogP contribution in [0.5, 0.6) is 0 Å². The smallest absolute Gasteiger partial charge is 0.310 e. The Morgan fingerprint density at radius 1 is 1.57 bits per heavy atom. The Labute approximate surface area is 128 Å². The van der Waals surface area contributed by atoms with Gasteiger partial charge in [-0.05, 0) is 32.7 Å². The molecule has 0 bridgehead atoms. The zero-order valence-electron chi connectivity index (χ0n) is 12.4. The van der Waals surface area contributed by atoms with Gasteiger partial charge in [-0.1, -0.05) is 6.92 Å². The molecule has 1 saturated heterocycles. The molecule has 0 radical (unpaired) electrons. The van der Waals surface area contributed by atoms with Gasteiger partial charge in [-0.15, -0.1) is 11.3 Å². The van der Waals surface area contributed by atoms with Crippen LogP contribution in [0.3, 0.4) is 0 Å². The van der Waals surface area contributed by atoms with E-state index in [1.165, 1.54) is 11.3 Å². The first-order chi connectivity index (χ1) is 9.95. The van der Waals surface area contributed by atoms with Gasteiger partial charge in [0.05, 0.1) is 17.7 Å². The van der Waals surface area contributed by atoms with Crippen molar-refractivity contribution >= 4 is 28.3 Å². The van der Waals surface area contributed by atoms with E-state index in [1.807, 2.05) is 24.1 Å². The number of likely N-dealkylation sites (tertiary alicyclic amines) is 1. The molecule has 1 atom stereocenters. The summed E-state index contributed by atoms with van der Waals surface area (Å²) in [5.74, 6) is -0.896. The largest absolute Gasteiger partial charge is 0.481 e. The van der Waals surface area contributed by atoms with Crippen molar-refractivity contribution < 1.29 is 14.7 Å². The van der Waals surface area contributed by atoms with Gasteiger partial charge < -0.3 is 10.4 Å². The molecule has 2 heterocycles. The SMILES string of the molecule is CCC1(C(=O)O)CCCN(CC(=O)Nc2nc(C)cs2)C1. The van der Waals surface area contributed by atoms with E-state index in [0.717, 1.165) is 18.7 Å². The van der Waals surface area contributed by atoms with Crippen LogP contribution in [0.4, 0.5) is 5.13 Å². The summed E-state index contributed by atoms with van der Waals surface area (Å²) < 4.78 is 0. The Balaban J connectivity index is 1.93. The number of hydrogen-bond acceptors (Lipinski definition) is 5. The quantitative estimate of drug-likeness (QED) is 0.868. The maximum atomic E-state index is 12.0. The lowest BCUT2D eigenvalue weighted by molar-refractivity contribution is -0.153. The average molecular weight is 311 g/mol. The first kappa shape index (κ1) is 15.9. The minimum Gasteiger partial charge on any atom is -0.481 e. The van der Waals surface area contributed by atoms with Crippen molar-refractivity contribution in [2.75, 3.05) is 25.0 Å². The summed E-state index contributed by atoms with van der Waals surface area (Å²) in [6.45, 7) is 5.19. The molecule has 1 unspecified atom stereocenters. The van der Waals surface area contributed by atoms with Crippen LogP contribution in [0.2, 0.25) is 0 Å². The molecule has 2 rings (SSSR count). The number of nitrogens with zero attached hydrogens (tertiary/aromatic N) is 2. The molecule has 1 amide bonds. The van der Waals surface area contributed by atoms with Crippen LogP contribution in [0.25, 0.3) is 0 Å². The molecule has 0 saturated carbocycles. The highest BCUT2D eigenvalue weighted by molar-refractivity contribution is 7.13. The maximum absolute atomic E-state index is 12.0. The lowest BCUT2D eigenvalue weighted by atomic mass is 9.77. The highest BCUT2D eigenvalue weighted by Crippen LogP contribution is 2.33. The number of anilines is 1. The van der Waals surface area contributed by atoms with Gasteiger partial charge in [-0.25, -0.2) is 4.98 Å². The molecule has 1 aromatic heterocycles. The van der Waals surface area contributed by atoms with Gasteiger partial charge in [0.25, 0.3) is 0 Å². The summed E-state index contributed by atoms with van der Waals surface area (Å²) in [7, 11) is 0. The van der Waals surface area contributed by atoms with Crippen LogP contribution in [-0.2, 0) is 9.59 Å². The molecular weight excluding hydrogens is 290 g/mol. The van der Waals surface area contributed by atoms with E-state index >= 15 is 0 Å². The number of carboxylic acid groups (broad SMARTS) is 1. The number of hydrogen-bond donors (Lipinski definition) is 2. The van der Waals surface area contributed by atoms with Crippen molar-refractivity contribution in [1.29, 1.82) is 0 Å². The average Bonchev–Trinajstić information content (AvgIpc) is 2.83. The van der Waals surface area contributed by atoms with E-state index in [9.17, 15) is 14.7 Å². The van der Waals surface area contributed by atoms with E-state index in [1.54, 1.807) is 0 Å². The molecule has 1 aliphatic heterocycles. The third-order valence-electron chi connectivity index (χ3n) is 4.02. The molecule has 0 aliphatic carbocycles. The molecule has 1 aromatic rings. The summed E-state index contributed by atoms with van der Waals surface area (Å²) in [6, 6.07) is 0. The van der Waals surface area contributed by atoms with Crippen molar-refractivity contribution in [2.24, 2.45) is 5.41 Å². The predicted molar refractivity (Wildman–Crippen MR) is 81.5 cm³/mol. The van der Waals surface area contributed by atoms with E-state index < -0.39 is 11.4 Å². The third-order valence-corrected chi connectivity index (χ3v) is 4.89. The maximum Gasteiger partial charge on any atom is 0.310 e. The van der Waals surface area contributed by atoms with Crippen LogP contribution < -0.4 is 5.32 Å². The van der Waals surface area contributed by atoms with E-state index in [-0.39, 0.29) is 12.5 Å². The van der Waals surface area contributed by atoms with Crippen LogP contribution in [0, 0.1) is 12.3 Å². The van der Waals surface area contributed by atoms with Crippen molar-refractivity contribution in [3.05, 3.63) is 11.1 Å². The van der Waals surface area contributed by atoms with Crippen LogP contribution in [-0.4, -0.2) is 46.5 Å². The topological polar surface area (TPSA) is 82.5 Å². The van der Waals surface area contributed by atoms with Crippen molar-refractivity contribution in [3.63, 3.8) is 0 Å². The van der Waals surface area contributed by atoms with Crippen LogP contribution in [0.15, 0.2) is 5.38 Å². The summed E-state index contributed by atoms with van der Waals surface area (Å²) in [5, 5.41) is 14.7. The van der Waals surface area contributed by atoms with Crippen LogP contribution >= 0.6 is 11.3 Å². The summed E-state index contributed by atoms with van der Waals surface area (Å²) in [6.07, 6.45) is 2.08. The highest BCUT2D eigenvalue weighted by atomic mass is 32.1. The molecule has 1 aliphatic rings. The fraction of sp³-hybridized carbons (Fsp3) is 0.643. The Kier molecular flexibility index (Phi) is 4.95. The van der Waals surface area contributed by atoms with Gasteiger partial charge in [0.1, 0.15) is 0 Å². The first-order valence-electron chi connectivity index (χ1n) is 7.13. The van der Waals surface area contributed by atoms with Crippen molar-refractivity contribution in [1.82, 2.24) is 9.88 Å². The second kappa shape index (κ2) is 6.53. The fourth-order valence-electron chi connectivity index (χ4n) is 2.75. The second-order valence-electron chi connectivity index (χ2n) is 5.60. The third kappa shape index (κ3) is 3.79. The van der Waals surface area contributed by atoms with Gasteiger partial charge in [0, 0.05) is 11.9 Å². The first-order valence-corrected chi connectivity index (χ1v) is 8.01. The number of carbonyl (C=O) groups is 2. The van der Waals surface area contributed by atoms with Crippen molar-refractivity contribution in [2.45, 2.75) is 33.1 Å². The Hall–Kier alpha value is -1.47. The highest BCUT2D eigenvalue weighted by Gasteiger charge is 2.41. The normalized spacial score (nSPS) is 23.0. The standard InChI is InChI=1S/C14H21N3O3S/c1-3-14(12(19)20)5-4-6-17(9-14)7-11(18)16-13-15-10(2)8-21-13/h8H,3-7,9H2,1-2H3,(H,19,20)(H,15,16,18). The number of carbonyl (C=O) groups excluding carboxylic acids is 1. The number of aliphatic carboxylic acids is 1. The number of amides is 1. The molecule has 0 aromatic carbocycles. The van der Waals surface area contributed by atoms with Crippen molar-refractivity contribution in [3.8, 4) is 0 Å². The summed E-state index contributed by atoms with van der Waals surface area (Å²) >= 11 is 1.39. The Morgan fingerprint density at radius 3 is 2.90 bits per heavy atom. The number of aryl methyl sites for hydroxylation is 1. The number of piperidine rings is 1. The van der Waals surface area contributed by atoms with Gasteiger partial charge in [-0.3, -0.25) is 14.5 Å². The van der Waals surface area contributed by atoms with Gasteiger partial charge in [0.15, 0.2) is 5.13 Å². The molecule has 7 heteroatoms. The van der Waals surface area contributed by atoms with E-state index in [4.69, 9.17) is 0 Å². The second-order valence-corrected chi connectivity index (χ2v) is 6.45. The lowest BCUT2D eigenvalue weighted by Gasteiger charge is -2.39. The van der Waals surface area contributed by atoms with Crippen LogP contribution in [0.1, 0.15) is 31.9 Å². The molecule has 2 N–H and O–H groups in total. The van der Waals surface area contributed by atoms with E-state index in [2.05, 4.69) is 10.3 Å². The molecule has 6 nitrogen and oxygen atoms in total. The van der Waals surface area contributed by atoms with E-state index in [0.29, 0.717) is 24.5 Å². The molecule has 21 heavy (non-hydrogen) atoms. The molecule has 116 valence electrons. The van der Waals surface area contributed by atoms with Gasteiger partial charge in [-0.2, -0.15) is 0 Å². The molecule has 0 spiro atoms. The number of rotatable bonds is 5. The predicted octanol–water partition coefficient (Wildman–Crippen LogP) is 1.97.